The molecular formula is C15H28N2O2. The zero-order valence-electron chi connectivity index (χ0n) is 12.3. The largest absolute Gasteiger partial charge is 0.393 e. The van der Waals surface area contributed by atoms with E-state index in [0.29, 0.717) is 12.5 Å². The van der Waals surface area contributed by atoms with Crippen molar-refractivity contribution in [2.75, 3.05) is 13.6 Å². The maximum Gasteiger partial charge on any atom is 0.317 e. The van der Waals surface area contributed by atoms with Gasteiger partial charge in [-0.05, 0) is 38.5 Å². The van der Waals surface area contributed by atoms with Gasteiger partial charge in [0.1, 0.15) is 0 Å². The Morgan fingerprint density at radius 1 is 1.26 bits per heavy atom. The van der Waals surface area contributed by atoms with E-state index in [0.717, 1.165) is 19.3 Å². The van der Waals surface area contributed by atoms with Crippen LogP contribution in [0.3, 0.4) is 0 Å². The lowest BCUT2D eigenvalue weighted by molar-refractivity contribution is 0.0559. The normalized spacial score (nSPS) is 29.4. The van der Waals surface area contributed by atoms with E-state index in [9.17, 15) is 9.90 Å². The fourth-order valence-electron chi connectivity index (χ4n) is 3.20. The first-order valence-electron chi connectivity index (χ1n) is 7.77. The molecule has 0 bridgehead atoms. The summed E-state index contributed by atoms with van der Waals surface area (Å²) in [6.45, 7) is 2.77. The molecule has 2 N–H and O–H groups in total. The first-order chi connectivity index (χ1) is 9.08. The van der Waals surface area contributed by atoms with Crippen molar-refractivity contribution in [3.05, 3.63) is 0 Å². The minimum atomic E-state index is -0.229. The maximum atomic E-state index is 12.1. The van der Waals surface area contributed by atoms with Crippen molar-refractivity contribution < 1.29 is 9.90 Å². The highest BCUT2D eigenvalue weighted by molar-refractivity contribution is 5.74. The van der Waals surface area contributed by atoms with E-state index in [1.54, 1.807) is 4.90 Å². The lowest BCUT2D eigenvalue weighted by atomic mass is 9.80. The Bertz CT molecular complexity index is 305. The molecule has 0 aromatic carbocycles. The number of nitrogens with zero attached hydrogens (tertiary/aromatic N) is 1. The summed E-state index contributed by atoms with van der Waals surface area (Å²) in [5, 5.41) is 13.0. The lowest BCUT2D eigenvalue weighted by Gasteiger charge is -2.35. The van der Waals surface area contributed by atoms with Crippen LogP contribution >= 0.6 is 0 Å². The molecule has 0 aromatic rings. The number of nitrogens with one attached hydrogen (secondary N) is 1. The van der Waals surface area contributed by atoms with Gasteiger partial charge in [0.25, 0.3) is 0 Å². The average Bonchev–Trinajstić information content (AvgIpc) is 2.29. The summed E-state index contributed by atoms with van der Waals surface area (Å²) < 4.78 is 0. The fourth-order valence-corrected chi connectivity index (χ4v) is 3.20. The Morgan fingerprint density at radius 2 is 1.95 bits per heavy atom. The van der Waals surface area contributed by atoms with Crippen molar-refractivity contribution >= 4 is 6.03 Å². The van der Waals surface area contributed by atoms with Crippen LogP contribution in [0.1, 0.15) is 51.9 Å². The maximum absolute atomic E-state index is 12.1. The van der Waals surface area contributed by atoms with Crippen molar-refractivity contribution in [3.8, 4) is 0 Å². The molecule has 4 nitrogen and oxygen atoms in total. The third kappa shape index (κ3) is 3.85. The van der Waals surface area contributed by atoms with Crippen LogP contribution in [0, 0.1) is 11.8 Å². The summed E-state index contributed by atoms with van der Waals surface area (Å²) in [6.07, 6.45) is 7.78. The summed E-state index contributed by atoms with van der Waals surface area (Å²) in [5.74, 6) is 0.918. The van der Waals surface area contributed by atoms with Gasteiger partial charge in [-0.3, -0.25) is 0 Å². The Kier molecular flexibility index (Phi) is 5.08. The Hall–Kier alpha value is -0.770. The highest BCUT2D eigenvalue weighted by atomic mass is 16.3. The van der Waals surface area contributed by atoms with Crippen molar-refractivity contribution in [2.24, 2.45) is 11.8 Å². The van der Waals surface area contributed by atoms with Gasteiger partial charge in [0.2, 0.25) is 0 Å². The van der Waals surface area contributed by atoms with Crippen LogP contribution in [0.2, 0.25) is 0 Å². The quantitative estimate of drug-likeness (QED) is 0.822. The van der Waals surface area contributed by atoms with Gasteiger partial charge in [-0.2, -0.15) is 0 Å². The molecule has 0 heterocycles. The number of amides is 2. The summed E-state index contributed by atoms with van der Waals surface area (Å²) in [7, 11) is 1.84. The zero-order valence-corrected chi connectivity index (χ0v) is 12.3. The van der Waals surface area contributed by atoms with Gasteiger partial charge in [0.15, 0.2) is 0 Å². The Morgan fingerprint density at radius 3 is 2.53 bits per heavy atom. The highest BCUT2D eigenvalue weighted by Crippen LogP contribution is 2.29. The lowest BCUT2D eigenvalue weighted by Crippen LogP contribution is -2.48. The molecule has 2 rings (SSSR count). The van der Waals surface area contributed by atoms with Gasteiger partial charge in [0, 0.05) is 25.6 Å². The Labute approximate surface area is 116 Å². The molecule has 0 radical (unpaired) electrons. The van der Waals surface area contributed by atoms with E-state index in [4.69, 9.17) is 0 Å². The van der Waals surface area contributed by atoms with Crippen LogP contribution < -0.4 is 5.32 Å². The number of hydrogen-bond donors (Lipinski definition) is 2. The first kappa shape index (κ1) is 14.6. The average molecular weight is 268 g/mol. The minimum absolute atomic E-state index is 0.0113. The summed E-state index contributed by atoms with van der Waals surface area (Å²) in [5.41, 5.74) is 0. The van der Waals surface area contributed by atoms with Gasteiger partial charge in [-0.25, -0.2) is 4.79 Å². The molecule has 2 amide bonds. The van der Waals surface area contributed by atoms with Crippen molar-refractivity contribution in [3.63, 3.8) is 0 Å². The van der Waals surface area contributed by atoms with Crippen molar-refractivity contribution in [2.45, 2.75) is 64.0 Å². The van der Waals surface area contributed by atoms with E-state index in [1.165, 1.54) is 25.7 Å². The van der Waals surface area contributed by atoms with E-state index < -0.39 is 0 Å². The van der Waals surface area contributed by atoms with E-state index >= 15 is 0 Å². The minimum Gasteiger partial charge on any atom is -0.393 e. The molecule has 3 atom stereocenters. The fraction of sp³-hybridized carbons (Fsp3) is 0.933. The third-order valence-electron chi connectivity index (χ3n) is 4.93. The SMILES string of the molecule is C[C@H](NC(=O)N(C)C[C@H]1CCCC[C@@H]1O)C1CCC1. The van der Waals surface area contributed by atoms with Crippen LogP contribution in [-0.2, 0) is 0 Å². The molecule has 0 unspecified atom stereocenters. The monoisotopic (exact) mass is 268 g/mol. The topological polar surface area (TPSA) is 52.6 Å². The molecule has 0 aromatic heterocycles. The van der Waals surface area contributed by atoms with Crippen LogP contribution in [0.4, 0.5) is 4.79 Å². The second kappa shape index (κ2) is 6.60. The molecule has 2 fully saturated rings. The molecule has 0 spiro atoms. The number of aliphatic hydroxyl groups excluding tert-OH is 1. The molecule has 0 aliphatic heterocycles. The van der Waals surface area contributed by atoms with Crippen molar-refractivity contribution in [1.82, 2.24) is 10.2 Å². The standard InChI is InChI=1S/C15H28N2O2/c1-11(12-7-5-8-12)16-15(19)17(2)10-13-6-3-4-9-14(13)18/h11-14,18H,3-10H2,1-2H3,(H,16,19)/t11-,13+,14-/m0/s1. The molecule has 0 saturated heterocycles. The summed E-state index contributed by atoms with van der Waals surface area (Å²) >= 11 is 0. The second-order valence-corrected chi connectivity index (χ2v) is 6.42. The number of carbonyl (C=O) groups is 1. The third-order valence-corrected chi connectivity index (χ3v) is 4.93. The van der Waals surface area contributed by atoms with Crippen LogP contribution in [0.15, 0.2) is 0 Å². The van der Waals surface area contributed by atoms with Gasteiger partial charge in [-0.15, -0.1) is 0 Å². The van der Waals surface area contributed by atoms with Gasteiger partial charge >= 0.3 is 6.03 Å². The van der Waals surface area contributed by atoms with Crippen LogP contribution in [-0.4, -0.2) is 41.8 Å². The smallest absolute Gasteiger partial charge is 0.317 e. The van der Waals surface area contributed by atoms with Crippen LogP contribution in [0.5, 0.6) is 0 Å². The number of urea groups is 1. The van der Waals surface area contributed by atoms with E-state index in [1.807, 2.05) is 7.05 Å². The summed E-state index contributed by atoms with van der Waals surface area (Å²) in [4.78, 5) is 13.9. The van der Waals surface area contributed by atoms with E-state index in [2.05, 4.69) is 12.2 Å². The zero-order chi connectivity index (χ0) is 13.8. The molecular weight excluding hydrogens is 240 g/mol. The van der Waals surface area contributed by atoms with Gasteiger partial charge in [-0.1, -0.05) is 19.3 Å². The molecule has 110 valence electrons. The summed E-state index contributed by atoms with van der Waals surface area (Å²) in [6, 6.07) is 0.289. The second-order valence-electron chi connectivity index (χ2n) is 6.42. The predicted molar refractivity (Wildman–Crippen MR) is 75.9 cm³/mol. The van der Waals surface area contributed by atoms with Gasteiger partial charge < -0.3 is 15.3 Å². The molecule has 4 heteroatoms. The number of carbonyl (C=O) groups excluding carboxylic acids is 1. The number of hydrogen-bond acceptors (Lipinski definition) is 2. The highest BCUT2D eigenvalue weighted by Gasteiger charge is 2.28. The molecule has 2 aliphatic rings. The number of rotatable bonds is 4. The number of aliphatic hydroxyl groups is 1. The molecule has 2 saturated carbocycles. The Balaban J connectivity index is 1.74. The van der Waals surface area contributed by atoms with E-state index in [-0.39, 0.29) is 24.1 Å². The van der Waals surface area contributed by atoms with Crippen molar-refractivity contribution in [1.29, 1.82) is 0 Å². The van der Waals surface area contributed by atoms with Gasteiger partial charge in [0.05, 0.1) is 6.10 Å². The predicted octanol–water partition coefficient (Wildman–Crippen LogP) is 2.37. The molecule has 19 heavy (non-hydrogen) atoms. The molecule has 2 aliphatic carbocycles. The van der Waals surface area contributed by atoms with Crippen LogP contribution in [0.25, 0.3) is 0 Å². The first-order valence-corrected chi connectivity index (χ1v) is 7.77.